The molecule has 0 aromatic carbocycles. The van der Waals surface area contributed by atoms with Crippen molar-refractivity contribution in [2.45, 2.75) is 31.9 Å². The second-order valence-corrected chi connectivity index (χ2v) is 6.77. The molecule has 2 aromatic rings. The summed E-state index contributed by atoms with van der Waals surface area (Å²) in [7, 11) is 1.71. The minimum Gasteiger partial charge on any atom is -0.379 e. The van der Waals surface area contributed by atoms with Crippen molar-refractivity contribution in [2.24, 2.45) is 11.8 Å². The minimum atomic E-state index is -0.232. The summed E-state index contributed by atoms with van der Waals surface area (Å²) >= 11 is 0. The lowest BCUT2D eigenvalue weighted by molar-refractivity contribution is 0.0123. The number of rotatable bonds is 3. The number of methoxy groups -OCH3 is 1. The van der Waals surface area contributed by atoms with E-state index in [1.165, 1.54) is 0 Å². The Labute approximate surface area is 152 Å². The third-order valence-corrected chi connectivity index (χ3v) is 5.26. The molecule has 9 heteroatoms. The van der Waals surface area contributed by atoms with E-state index in [1.807, 2.05) is 13.0 Å². The van der Waals surface area contributed by atoms with E-state index >= 15 is 0 Å². The summed E-state index contributed by atoms with van der Waals surface area (Å²) in [5, 5.41) is 14.5. The molecule has 0 spiro atoms. The number of carbonyl (C=O) groups is 1. The molecule has 3 heterocycles. The zero-order valence-electron chi connectivity index (χ0n) is 14.3. The fraction of sp³-hybridized carbons (Fsp3) is 0.625. The fourth-order valence-corrected chi connectivity index (χ4v) is 3.95. The lowest BCUT2D eigenvalue weighted by Crippen LogP contribution is -2.50. The van der Waals surface area contributed by atoms with Gasteiger partial charge in [0.1, 0.15) is 0 Å². The normalized spacial score (nSPS) is 28.4. The van der Waals surface area contributed by atoms with E-state index in [0.717, 1.165) is 31.6 Å². The summed E-state index contributed by atoms with van der Waals surface area (Å²) in [6.07, 6.45) is 3.71. The molecule has 136 valence electrons. The van der Waals surface area contributed by atoms with Gasteiger partial charge in [0.2, 0.25) is 5.82 Å². The van der Waals surface area contributed by atoms with Crippen LogP contribution in [0.4, 0.5) is 0 Å². The fourth-order valence-electron chi connectivity index (χ4n) is 3.95. The predicted octanol–water partition coefficient (Wildman–Crippen LogP) is 0.597. The SMILES string of the molecule is CO[C@H]1C[C@@H]2CNC[C@@H]2C[C@@H]1NC(=O)c1nnc2nc(C)ccn12.Cl. The minimum absolute atomic E-state index is 0. The van der Waals surface area contributed by atoms with Gasteiger partial charge in [0.25, 0.3) is 11.7 Å². The van der Waals surface area contributed by atoms with Gasteiger partial charge in [-0.25, -0.2) is 4.98 Å². The number of aromatic nitrogens is 4. The second kappa shape index (κ2) is 7.23. The third kappa shape index (κ3) is 3.33. The van der Waals surface area contributed by atoms with Gasteiger partial charge in [0.05, 0.1) is 12.1 Å². The maximum Gasteiger partial charge on any atom is 0.289 e. The largest absolute Gasteiger partial charge is 0.379 e. The van der Waals surface area contributed by atoms with Crippen molar-refractivity contribution in [3.63, 3.8) is 0 Å². The van der Waals surface area contributed by atoms with Crippen LogP contribution in [-0.4, -0.2) is 57.8 Å². The van der Waals surface area contributed by atoms with E-state index in [-0.39, 0.29) is 36.3 Å². The van der Waals surface area contributed by atoms with Crippen LogP contribution in [0.1, 0.15) is 29.2 Å². The number of carbonyl (C=O) groups excluding carboxylic acids is 1. The maximum atomic E-state index is 12.7. The van der Waals surface area contributed by atoms with Gasteiger partial charge in [-0.2, -0.15) is 0 Å². The molecular formula is C16H23ClN6O2. The van der Waals surface area contributed by atoms with Gasteiger partial charge in [0, 0.05) is 19.0 Å². The van der Waals surface area contributed by atoms with E-state index in [0.29, 0.717) is 17.6 Å². The number of ether oxygens (including phenoxy) is 1. The number of nitrogens with one attached hydrogen (secondary N) is 2. The quantitative estimate of drug-likeness (QED) is 0.826. The van der Waals surface area contributed by atoms with Crippen molar-refractivity contribution < 1.29 is 9.53 Å². The molecule has 2 N–H and O–H groups in total. The molecule has 0 radical (unpaired) electrons. The molecule has 4 atom stereocenters. The van der Waals surface area contributed by atoms with E-state index in [1.54, 1.807) is 17.7 Å². The van der Waals surface area contributed by atoms with Crippen molar-refractivity contribution in [2.75, 3.05) is 20.2 Å². The van der Waals surface area contributed by atoms with Crippen molar-refractivity contribution in [3.8, 4) is 0 Å². The number of amides is 1. The lowest BCUT2D eigenvalue weighted by atomic mass is 9.77. The highest BCUT2D eigenvalue weighted by atomic mass is 35.5. The first-order valence-electron chi connectivity index (χ1n) is 8.38. The van der Waals surface area contributed by atoms with Crippen molar-refractivity contribution in [1.82, 2.24) is 30.2 Å². The predicted molar refractivity (Wildman–Crippen MR) is 93.9 cm³/mol. The van der Waals surface area contributed by atoms with E-state index in [9.17, 15) is 4.79 Å². The summed E-state index contributed by atoms with van der Waals surface area (Å²) in [4.78, 5) is 17.0. The Kier molecular flexibility index (Phi) is 5.21. The molecular weight excluding hydrogens is 344 g/mol. The number of halogens is 1. The van der Waals surface area contributed by atoms with Gasteiger partial charge in [-0.15, -0.1) is 22.6 Å². The van der Waals surface area contributed by atoms with Gasteiger partial charge in [0.15, 0.2) is 0 Å². The highest BCUT2D eigenvalue weighted by Gasteiger charge is 2.40. The molecule has 4 rings (SSSR count). The summed E-state index contributed by atoms with van der Waals surface area (Å²) in [5.74, 6) is 1.71. The zero-order valence-corrected chi connectivity index (χ0v) is 15.1. The molecule has 1 aliphatic heterocycles. The average molecular weight is 367 g/mol. The van der Waals surface area contributed by atoms with Crippen molar-refractivity contribution in [3.05, 3.63) is 23.8 Å². The topological polar surface area (TPSA) is 93.4 Å². The van der Waals surface area contributed by atoms with Crippen molar-refractivity contribution in [1.29, 1.82) is 0 Å². The molecule has 0 bridgehead atoms. The highest BCUT2D eigenvalue weighted by molar-refractivity contribution is 5.91. The van der Waals surface area contributed by atoms with Crippen LogP contribution in [0.3, 0.4) is 0 Å². The van der Waals surface area contributed by atoms with E-state index < -0.39 is 0 Å². The molecule has 2 fully saturated rings. The first-order valence-corrected chi connectivity index (χ1v) is 8.38. The summed E-state index contributed by atoms with van der Waals surface area (Å²) in [6, 6.07) is 1.83. The Morgan fingerprint density at radius 2 is 2.08 bits per heavy atom. The van der Waals surface area contributed by atoms with Crippen LogP contribution in [0.5, 0.6) is 0 Å². The summed E-state index contributed by atoms with van der Waals surface area (Å²) < 4.78 is 7.25. The molecule has 1 aliphatic carbocycles. The van der Waals surface area contributed by atoms with Crippen LogP contribution in [0, 0.1) is 18.8 Å². The Bertz CT molecular complexity index is 766. The average Bonchev–Trinajstić information content (AvgIpc) is 3.19. The van der Waals surface area contributed by atoms with E-state index in [4.69, 9.17) is 4.74 Å². The van der Waals surface area contributed by atoms with E-state index in [2.05, 4.69) is 25.8 Å². The molecule has 0 unspecified atom stereocenters. The summed E-state index contributed by atoms with van der Waals surface area (Å²) in [6.45, 7) is 3.95. The number of fused-ring (bicyclic) bond motifs is 2. The Morgan fingerprint density at radius 3 is 2.84 bits per heavy atom. The molecule has 25 heavy (non-hydrogen) atoms. The van der Waals surface area contributed by atoms with Crippen LogP contribution < -0.4 is 10.6 Å². The standard InChI is InChI=1S/C16H22N6O2.ClH/c1-9-3-4-22-14(20-21-16(22)18-9)15(23)19-12-5-10-7-17-8-11(10)6-13(12)24-2;/h3-4,10-13,17H,5-8H2,1-2H3,(H,19,23);1H/t10-,11+,12-,13-;/m0./s1. The Hall–Kier alpha value is -1.77. The van der Waals surface area contributed by atoms with Gasteiger partial charge in [-0.3, -0.25) is 9.20 Å². The van der Waals surface area contributed by atoms with Crippen LogP contribution >= 0.6 is 12.4 Å². The molecule has 2 aliphatic rings. The number of aryl methyl sites for hydroxylation is 1. The van der Waals surface area contributed by atoms with Crippen molar-refractivity contribution >= 4 is 24.1 Å². The van der Waals surface area contributed by atoms with Crippen LogP contribution in [0.2, 0.25) is 0 Å². The number of nitrogens with zero attached hydrogens (tertiary/aromatic N) is 4. The van der Waals surface area contributed by atoms with Crippen LogP contribution in [0.25, 0.3) is 5.78 Å². The van der Waals surface area contributed by atoms with Gasteiger partial charge in [-0.1, -0.05) is 0 Å². The first kappa shape index (κ1) is 18.0. The molecule has 8 nitrogen and oxygen atoms in total. The monoisotopic (exact) mass is 366 g/mol. The number of hydrogen-bond donors (Lipinski definition) is 2. The zero-order chi connectivity index (χ0) is 16.7. The second-order valence-electron chi connectivity index (χ2n) is 6.77. The molecule has 1 saturated carbocycles. The van der Waals surface area contributed by atoms with Gasteiger partial charge in [-0.05, 0) is 50.8 Å². The molecule has 1 saturated heterocycles. The molecule has 1 amide bonds. The third-order valence-electron chi connectivity index (χ3n) is 5.26. The Balaban J connectivity index is 0.00000182. The Morgan fingerprint density at radius 1 is 1.32 bits per heavy atom. The first-order chi connectivity index (χ1) is 11.7. The van der Waals surface area contributed by atoms with Gasteiger partial charge < -0.3 is 15.4 Å². The lowest BCUT2D eigenvalue weighted by Gasteiger charge is -2.37. The van der Waals surface area contributed by atoms with Crippen LogP contribution in [0.15, 0.2) is 12.3 Å². The highest BCUT2D eigenvalue weighted by Crippen LogP contribution is 2.34. The van der Waals surface area contributed by atoms with Gasteiger partial charge >= 0.3 is 0 Å². The summed E-state index contributed by atoms with van der Waals surface area (Å²) in [5.41, 5.74) is 0.841. The maximum absolute atomic E-state index is 12.7. The number of hydrogen-bond acceptors (Lipinski definition) is 6. The van der Waals surface area contributed by atoms with Crippen LogP contribution in [-0.2, 0) is 4.74 Å². The smallest absolute Gasteiger partial charge is 0.289 e. The molecule has 2 aromatic heterocycles.